The molecule has 1 atom stereocenters. The number of likely N-dealkylation sites (tertiary alicyclic amines) is 1. The van der Waals surface area contributed by atoms with Crippen molar-refractivity contribution in [2.75, 3.05) is 20.8 Å². The zero-order valence-electron chi connectivity index (χ0n) is 14.6. The zero-order chi connectivity index (χ0) is 17.6. The van der Waals surface area contributed by atoms with E-state index < -0.39 is 0 Å². The van der Waals surface area contributed by atoms with Gasteiger partial charge in [0.25, 0.3) is 0 Å². The summed E-state index contributed by atoms with van der Waals surface area (Å²) in [4.78, 5) is 14.6. The van der Waals surface area contributed by atoms with Crippen LogP contribution in [-0.4, -0.2) is 31.6 Å². The molecule has 0 bridgehead atoms. The quantitative estimate of drug-likeness (QED) is 0.772. The number of rotatable bonds is 5. The van der Waals surface area contributed by atoms with Crippen molar-refractivity contribution in [2.45, 2.75) is 18.9 Å². The third-order valence-electron chi connectivity index (χ3n) is 4.55. The van der Waals surface area contributed by atoms with Gasteiger partial charge in [-0.15, -0.1) is 0 Å². The number of carbonyl (C=O) groups is 1. The first-order valence-corrected chi connectivity index (χ1v) is 8.48. The van der Waals surface area contributed by atoms with Gasteiger partial charge in [0.2, 0.25) is 5.91 Å². The van der Waals surface area contributed by atoms with Gasteiger partial charge in [0.15, 0.2) is 11.5 Å². The third-order valence-corrected chi connectivity index (χ3v) is 4.55. The molecule has 2 aromatic carbocycles. The lowest BCUT2D eigenvalue weighted by atomic mass is 10.0. The van der Waals surface area contributed by atoms with E-state index in [1.54, 1.807) is 20.3 Å². The molecule has 130 valence electrons. The molecule has 0 saturated carbocycles. The predicted molar refractivity (Wildman–Crippen MR) is 98.7 cm³/mol. The fourth-order valence-electron chi connectivity index (χ4n) is 3.27. The molecule has 25 heavy (non-hydrogen) atoms. The molecule has 0 radical (unpaired) electrons. The highest BCUT2D eigenvalue weighted by Crippen LogP contribution is 2.32. The van der Waals surface area contributed by atoms with Gasteiger partial charge in [-0.1, -0.05) is 36.4 Å². The fourth-order valence-corrected chi connectivity index (χ4v) is 3.27. The average molecular weight is 337 g/mol. The van der Waals surface area contributed by atoms with Crippen molar-refractivity contribution in [3.05, 3.63) is 65.7 Å². The summed E-state index contributed by atoms with van der Waals surface area (Å²) in [6.07, 6.45) is 5.52. The van der Waals surface area contributed by atoms with Crippen LogP contribution in [0.4, 0.5) is 0 Å². The van der Waals surface area contributed by atoms with Crippen LogP contribution in [0.15, 0.2) is 54.6 Å². The largest absolute Gasteiger partial charge is 0.493 e. The van der Waals surface area contributed by atoms with Gasteiger partial charge in [-0.25, -0.2) is 0 Å². The van der Waals surface area contributed by atoms with Crippen LogP contribution in [0.2, 0.25) is 0 Å². The van der Waals surface area contributed by atoms with Crippen molar-refractivity contribution in [1.82, 2.24) is 4.90 Å². The number of amides is 1. The van der Waals surface area contributed by atoms with E-state index in [1.807, 2.05) is 47.4 Å². The first-order chi connectivity index (χ1) is 12.2. The summed E-state index contributed by atoms with van der Waals surface area (Å²) in [7, 11) is 3.21. The second kappa shape index (κ2) is 7.88. The number of nitrogens with zero attached hydrogens (tertiary/aromatic N) is 1. The molecular formula is C21H23NO3. The summed E-state index contributed by atoms with van der Waals surface area (Å²) in [6.45, 7) is 0.800. The lowest BCUT2D eigenvalue weighted by Crippen LogP contribution is -2.28. The van der Waals surface area contributed by atoms with Crippen molar-refractivity contribution in [3.63, 3.8) is 0 Å². The van der Waals surface area contributed by atoms with Crippen molar-refractivity contribution >= 4 is 12.0 Å². The van der Waals surface area contributed by atoms with Gasteiger partial charge in [-0.3, -0.25) is 4.79 Å². The molecule has 4 heteroatoms. The van der Waals surface area contributed by atoms with E-state index in [0.717, 1.165) is 24.9 Å². The molecule has 1 aliphatic heterocycles. The van der Waals surface area contributed by atoms with Crippen LogP contribution in [0.5, 0.6) is 11.5 Å². The minimum absolute atomic E-state index is 0.0427. The van der Waals surface area contributed by atoms with Gasteiger partial charge in [-0.05, 0) is 42.2 Å². The molecule has 1 aliphatic rings. The highest BCUT2D eigenvalue weighted by Gasteiger charge is 2.28. The first kappa shape index (κ1) is 17.1. The van der Waals surface area contributed by atoms with Crippen molar-refractivity contribution in [2.24, 2.45) is 0 Å². The van der Waals surface area contributed by atoms with Crippen LogP contribution in [0.25, 0.3) is 6.08 Å². The third kappa shape index (κ3) is 3.85. The molecule has 2 aromatic rings. The van der Waals surface area contributed by atoms with Crippen molar-refractivity contribution < 1.29 is 14.3 Å². The van der Waals surface area contributed by atoms with Crippen LogP contribution in [0.1, 0.15) is 30.0 Å². The Morgan fingerprint density at radius 1 is 1.08 bits per heavy atom. The minimum Gasteiger partial charge on any atom is -0.493 e. The van der Waals surface area contributed by atoms with Crippen LogP contribution >= 0.6 is 0 Å². The number of benzene rings is 2. The Labute approximate surface area is 148 Å². The maximum absolute atomic E-state index is 12.7. The maximum Gasteiger partial charge on any atom is 0.247 e. The zero-order valence-corrected chi connectivity index (χ0v) is 14.6. The molecule has 1 fully saturated rings. The summed E-state index contributed by atoms with van der Waals surface area (Å²) in [5, 5.41) is 0. The van der Waals surface area contributed by atoms with Crippen molar-refractivity contribution in [1.29, 1.82) is 0 Å². The Morgan fingerprint density at radius 2 is 1.84 bits per heavy atom. The lowest BCUT2D eigenvalue weighted by Gasteiger charge is -2.23. The fraction of sp³-hybridized carbons (Fsp3) is 0.286. The van der Waals surface area contributed by atoms with Crippen LogP contribution in [0.3, 0.4) is 0 Å². The number of hydrogen-bond acceptors (Lipinski definition) is 3. The number of hydrogen-bond donors (Lipinski definition) is 0. The summed E-state index contributed by atoms with van der Waals surface area (Å²) < 4.78 is 10.5. The summed E-state index contributed by atoms with van der Waals surface area (Å²) >= 11 is 0. The Balaban J connectivity index is 1.74. The second-order valence-corrected chi connectivity index (χ2v) is 6.05. The molecule has 0 spiro atoms. The standard InChI is InChI=1S/C21H23NO3/c1-24-19-12-10-16(15-20(19)25-2)11-13-21(23)22-14-6-9-18(22)17-7-4-3-5-8-17/h3-5,7-8,10-13,15,18H,6,9,14H2,1-2H3/b13-11+. The monoisotopic (exact) mass is 337 g/mol. The molecule has 0 aromatic heterocycles. The molecule has 1 unspecified atom stereocenters. The maximum atomic E-state index is 12.7. The Kier molecular flexibility index (Phi) is 5.39. The topological polar surface area (TPSA) is 38.8 Å². The normalized spacial score (nSPS) is 17.0. The lowest BCUT2D eigenvalue weighted by molar-refractivity contribution is -0.126. The summed E-state index contributed by atoms with van der Waals surface area (Å²) in [6, 6.07) is 16.0. The molecule has 1 amide bonds. The SMILES string of the molecule is COc1ccc(/C=C/C(=O)N2CCCC2c2ccccc2)cc1OC. The summed E-state index contributed by atoms with van der Waals surface area (Å²) in [5.41, 5.74) is 2.11. The Morgan fingerprint density at radius 3 is 2.56 bits per heavy atom. The van der Waals surface area contributed by atoms with E-state index in [4.69, 9.17) is 9.47 Å². The van der Waals surface area contributed by atoms with E-state index >= 15 is 0 Å². The van der Waals surface area contributed by atoms with E-state index in [9.17, 15) is 4.79 Å². The second-order valence-electron chi connectivity index (χ2n) is 6.05. The van der Waals surface area contributed by atoms with E-state index in [0.29, 0.717) is 11.5 Å². The van der Waals surface area contributed by atoms with E-state index in [-0.39, 0.29) is 11.9 Å². The van der Waals surface area contributed by atoms with Gasteiger partial charge >= 0.3 is 0 Å². The first-order valence-electron chi connectivity index (χ1n) is 8.48. The Bertz CT molecular complexity index is 755. The molecule has 4 nitrogen and oxygen atoms in total. The number of ether oxygens (including phenoxy) is 2. The Hall–Kier alpha value is -2.75. The molecular weight excluding hydrogens is 314 g/mol. The van der Waals surface area contributed by atoms with Crippen LogP contribution in [0, 0.1) is 0 Å². The summed E-state index contributed by atoms with van der Waals surface area (Å²) in [5.74, 6) is 1.37. The molecule has 1 heterocycles. The smallest absolute Gasteiger partial charge is 0.247 e. The number of methoxy groups -OCH3 is 2. The molecule has 1 saturated heterocycles. The molecule has 0 aliphatic carbocycles. The number of carbonyl (C=O) groups excluding carboxylic acids is 1. The van der Waals surface area contributed by atoms with E-state index in [2.05, 4.69) is 12.1 Å². The van der Waals surface area contributed by atoms with Crippen molar-refractivity contribution in [3.8, 4) is 11.5 Å². The van der Waals surface area contributed by atoms with Crippen LogP contribution < -0.4 is 9.47 Å². The van der Waals surface area contributed by atoms with Crippen LogP contribution in [-0.2, 0) is 4.79 Å². The average Bonchev–Trinajstić information content (AvgIpc) is 3.16. The van der Waals surface area contributed by atoms with Gasteiger partial charge in [-0.2, -0.15) is 0 Å². The van der Waals surface area contributed by atoms with Gasteiger partial charge in [0.1, 0.15) is 0 Å². The van der Waals surface area contributed by atoms with E-state index in [1.165, 1.54) is 5.56 Å². The van der Waals surface area contributed by atoms with Gasteiger partial charge < -0.3 is 14.4 Å². The highest BCUT2D eigenvalue weighted by atomic mass is 16.5. The molecule has 0 N–H and O–H groups in total. The van der Waals surface area contributed by atoms with Gasteiger partial charge in [0.05, 0.1) is 20.3 Å². The molecule has 3 rings (SSSR count). The predicted octanol–water partition coefficient (Wildman–Crippen LogP) is 4.08. The van der Waals surface area contributed by atoms with Gasteiger partial charge in [0, 0.05) is 12.6 Å². The highest BCUT2D eigenvalue weighted by molar-refractivity contribution is 5.92. The minimum atomic E-state index is 0.0427.